The zero-order valence-electron chi connectivity index (χ0n) is 33.4. The summed E-state index contributed by atoms with van der Waals surface area (Å²) in [6.45, 7) is 17.5. The van der Waals surface area contributed by atoms with Gasteiger partial charge >= 0.3 is 11.9 Å². The Morgan fingerprint density at radius 1 is 0.527 bits per heavy atom. The molecule has 0 saturated heterocycles. The van der Waals surface area contributed by atoms with Crippen LogP contribution in [0.2, 0.25) is 0 Å². The number of carbonyl (C=O) groups is 2. The van der Waals surface area contributed by atoms with Crippen molar-refractivity contribution < 1.29 is 36.3 Å². The van der Waals surface area contributed by atoms with Crippen LogP contribution in [-0.2, 0) is 68.5 Å². The maximum absolute atomic E-state index is 13.3. The van der Waals surface area contributed by atoms with Gasteiger partial charge in [0.2, 0.25) is 19.7 Å². The van der Waals surface area contributed by atoms with Gasteiger partial charge in [-0.2, -0.15) is 0 Å². The van der Waals surface area contributed by atoms with Crippen LogP contribution in [0.25, 0.3) is 0 Å². The summed E-state index contributed by atoms with van der Waals surface area (Å²) in [7, 11) is -6.01. The van der Waals surface area contributed by atoms with Gasteiger partial charge in [0.1, 0.15) is 0 Å². The summed E-state index contributed by atoms with van der Waals surface area (Å²) in [5, 5.41) is 8.86. The van der Waals surface area contributed by atoms with Crippen molar-refractivity contribution in [2.45, 2.75) is 135 Å². The smallest absolute Gasteiger partial charge is 0.309 e. The van der Waals surface area contributed by atoms with Crippen molar-refractivity contribution in [1.29, 1.82) is 0 Å². The van der Waals surface area contributed by atoms with Gasteiger partial charge in [0, 0.05) is 0 Å². The molecule has 55 heavy (non-hydrogen) atoms. The number of ether oxygens (including phenoxy) is 1. The summed E-state index contributed by atoms with van der Waals surface area (Å²) in [4.78, 5) is 23.3. The normalized spacial score (nSPS) is 17.8. The van der Waals surface area contributed by atoms with E-state index < -0.39 is 31.6 Å². The topological polar surface area (TPSA) is 132 Å². The van der Waals surface area contributed by atoms with Gasteiger partial charge in [-0.05, 0) is 129 Å². The molecule has 294 valence electrons. The zero-order chi connectivity index (χ0) is 40.8. The molecule has 8 nitrogen and oxygen atoms in total. The van der Waals surface area contributed by atoms with Crippen LogP contribution in [-0.4, -0.2) is 41.0 Å². The fourth-order valence-corrected chi connectivity index (χ4v) is 10.4. The molecule has 4 aromatic carbocycles. The van der Waals surface area contributed by atoms with Crippen molar-refractivity contribution in [3.63, 3.8) is 0 Å². The first-order valence-corrected chi connectivity index (χ1v) is 21.6. The molecule has 2 aliphatic carbocycles. The number of methoxy groups -OCH3 is 1. The second-order valence-corrected chi connectivity index (χ2v) is 21.5. The molecule has 1 N–H and O–H groups in total. The summed E-state index contributed by atoms with van der Waals surface area (Å²) in [6.07, 6.45) is 4.11. The highest BCUT2D eigenvalue weighted by molar-refractivity contribution is 7.91. The molecule has 2 aliphatic rings. The second kappa shape index (κ2) is 15.0. The third-order valence-corrected chi connectivity index (χ3v) is 15.2. The van der Waals surface area contributed by atoms with E-state index in [0.717, 1.165) is 36.8 Å². The molecular formula is C45H54O8S2. The standard InChI is InChI=1S/C23H28O4S.C22H26O4S/c1-22(2)11-12-23(3,4)20-15-18(9-10-19(20)22)28(25,26)17-8-6-7-16(13-17)14-21(24)27-5;1-21(2)11-12-22(3,4)19-14-17(9-10-18(19)21)27(25,26)16-7-5-15(6-8-16)13-20(23)24/h6-10,13,15H,11-12,14H2,1-5H3;5-10,14H,11-13H2,1-4H3,(H,23,24). The number of carboxylic acid groups (broad SMARTS) is 1. The highest BCUT2D eigenvalue weighted by Crippen LogP contribution is 2.48. The molecule has 0 saturated carbocycles. The van der Waals surface area contributed by atoms with E-state index in [1.165, 1.54) is 30.4 Å². The number of rotatable bonds is 8. The number of aliphatic carboxylic acids is 1. The van der Waals surface area contributed by atoms with E-state index >= 15 is 0 Å². The number of carbonyl (C=O) groups excluding carboxylic acids is 1. The van der Waals surface area contributed by atoms with Crippen LogP contribution >= 0.6 is 0 Å². The van der Waals surface area contributed by atoms with Crippen LogP contribution < -0.4 is 0 Å². The first-order chi connectivity index (χ1) is 25.4. The monoisotopic (exact) mass is 786 g/mol. The van der Waals surface area contributed by atoms with E-state index in [9.17, 15) is 26.4 Å². The molecule has 0 atom stereocenters. The van der Waals surface area contributed by atoms with E-state index in [4.69, 9.17) is 5.11 Å². The van der Waals surface area contributed by atoms with Gasteiger partial charge in [-0.25, -0.2) is 16.8 Å². The van der Waals surface area contributed by atoms with E-state index in [1.807, 2.05) is 24.3 Å². The minimum atomic E-state index is -3.68. The third kappa shape index (κ3) is 8.76. The van der Waals surface area contributed by atoms with E-state index in [-0.39, 0.29) is 49.2 Å². The maximum atomic E-state index is 13.3. The molecule has 0 unspecified atom stereocenters. The Balaban J connectivity index is 0.000000211. The van der Waals surface area contributed by atoms with Crippen molar-refractivity contribution in [2.75, 3.05) is 7.11 Å². The highest BCUT2D eigenvalue weighted by atomic mass is 32.2. The SMILES string of the molecule is CC1(C)CCC(C)(C)c2cc(S(=O)(=O)c3ccc(CC(=O)O)cc3)ccc21.COC(=O)Cc1cccc(S(=O)(=O)c2ccc3c(c2)C(C)(C)CCC3(C)C)c1. The first kappa shape index (κ1) is 41.9. The summed E-state index contributed by atoms with van der Waals surface area (Å²) < 4.78 is 57.5. The van der Waals surface area contributed by atoms with Crippen molar-refractivity contribution in [1.82, 2.24) is 0 Å². The lowest BCUT2D eigenvalue weighted by Crippen LogP contribution is -2.34. The molecule has 0 aliphatic heterocycles. The second-order valence-electron chi connectivity index (χ2n) is 17.6. The lowest BCUT2D eigenvalue weighted by molar-refractivity contribution is -0.140. The van der Waals surface area contributed by atoms with Gasteiger partial charge in [-0.3, -0.25) is 9.59 Å². The van der Waals surface area contributed by atoms with Crippen LogP contribution in [0.15, 0.2) is 105 Å². The van der Waals surface area contributed by atoms with E-state index in [2.05, 4.69) is 60.1 Å². The van der Waals surface area contributed by atoms with Crippen molar-refractivity contribution in [2.24, 2.45) is 0 Å². The van der Waals surface area contributed by atoms with Gasteiger partial charge in [0.15, 0.2) is 0 Å². The van der Waals surface area contributed by atoms with Crippen molar-refractivity contribution in [3.05, 3.63) is 118 Å². The Bertz CT molecular complexity index is 2330. The number of hydrogen-bond donors (Lipinski definition) is 1. The van der Waals surface area contributed by atoms with Crippen LogP contribution in [0.5, 0.6) is 0 Å². The molecule has 10 heteroatoms. The van der Waals surface area contributed by atoms with Crippen LogP contribution in [0.1, 0.15) is 114 Å². The van der Waals surface area contributed by atoms with Gasteiger partial charge in [0.25, 0.3) is 0 Å². The van der Waals surface area contributed by atoms with Crippen LogP contribution in [0, 0.1) is 0 Å². The molecule has 0 heterocycles. The Hall–Kier alpha value is -4.28. The summed E-state index contributed by atoms with van der Waals surface area (Å²) >= 11 is 0. The van der Waals surface area contributed by atoms with Gasteiger partial charge < -0.3 is 9.84 Å². The van der Waals surface area contributed by atoms with Crippen molar-refractivity contribution >= 4 is 31.6 Å². The third-order valence-electron chi connectivity index (χ3n) is 11.6. The summed E-state index contributed by atoms with van der Waals surface area (Å²) in [5.74, 6) is -1.34. The molecule has 0 fully saturated rings. The average molecular weight is 787 g/mol. The number of benzene rings is 4. The lowest BCUT2D eigenvalue weighted by Gasteiger charge is -2.42. The Labute approximate surface area is 327 Å². The van der Waals surface area contributed by atoms with Crippen LogP contribution in [0.3, 0.4) is 0 Å². The Morgan fingerprint density at radius 2 is 0.927 bits per heavy atom. The molecule has 6 rings (SSSR count). The lowest BCUT2D eigenvalue weighted by atomic mass is 9.63. The molecule has 0 spiro atoms. The fourth-order valence-electron chi connectivity index (χ4n) is 7.76. The summed E-state index contributed by atoms with van der Waals surface area (Å²) in [5.41, 5.74) is 5.78. The zero-order valence-corrected chi connectivity index (χ0v) is 35.1. The van der Waals surface area contributed by atoms with E-state index in [1.54, 1.807) is 48.5 Å². The van der Waals surface area contributed by atoms with E-state index in [0.29, 0.717) is 16.0 Å². The van der Waals surface area contributed by atoms with Gasteiger partial charge in [-0.1, -0.05) is 91.8 Å². The Kier molecular flexibility index (Phi) is 11.4. The maximum Gasteiger partial charge on any atom is 0.309 e. The molecule has 0 aromatic heterocycles. The van der Waals surface area contributed by atoms with Gasteiger partial charge in [-0.15, -0.1) is 0 Å². The average Bonchev–Trinajstić information content (AvgIpc) is 3.12. The molecular weight excluding hydrogens is 733 g/mol. The predicted octanol–water partition coefficient (Wildman–Crippen LogP) is 9.08. The molecule has 0 radical (unpaired) electrons. The number of fused-ring (bicyclic) bond motifs is 2. The Morgan fingerprint density at radius 3 is 1.36 bits per heavy atom. The number of hydrogen-bond acceptors (Lipinski definition) is 7. The minimum absolute atomic E-state index is 0.0334. The molecule has 0 bridgehead atoms. The quantitative estimate of drug-likeness (QED) is 0.175. The molecule has 4 aromatic rings. The molecule has 0 amide bonds. The first-order valence-electron chi connectivity index (χ1n) is 18.7. The summed E-state index contributed by atoms with van der Waals surface area (Å²) in [6, 6.07) is 23.6. The number of carboxylic acids is 1. The number of sulfone groups is 2. The fraction of sp³-hybridized carbons (Fsp3) is 0.422. The minimum Gasteiger partial charge on any atom is -0.481 e. The van der Waals surface area contributed by atoms with Crippen molar-refractivity contribution in [3.8, 4) is 0 Å². The largest absolute Gasteiger partial charge is 0.481 e. The van der Waals surface area contributed by atoms with Gasteiger partial charge in [0.05, 0.1) is 39.5 Å². The van der Waals surface area contributed by atoms with Crippen LogP contribution in [0.4, 0.5) is 0 Å². The highest BCUT2D eigenvalue weighted by Gasteiger charge is 2.39. The predicted molar refractivity (Wildman–Crippen MR) is 214 cm³/mol. The number of esters is 1.